The fraction of sp³-hybridized carbons (Fsp3) is 0.357. The summed E-state index contributed by atoms with van der Waals surface area (Å²) in [6, 6.07) is 10.4. The second-order valence-electron chi connectivity index (χ2n) is 4.54. The van der Waals surface area contributed by atoms with Gasteiger partial charge in [0, 0.05) is 17.2 Å². The SMILES string of the molecule is COc1c(C)c(-c2ccccc2)nn1NC(C)C. The van der Waals surface area contributed by atoms with Gasteiger partial charge in [-0.05, 0) is 20.8 Å². The molecule has 1 aromatic carbocycles. The zero-order chi connectivity index (χ0) is 13.1. The van der Waals surface area contributed by atoms with Crippen LogP contribution in [0.4, 0.5) is 0 Å². The van der Waals surface area contributed by atoms with Crippen LogP contribution in [0, 0.1) is 6.92 Å². The van der Waals surface area contributed by atoms with Crippen LogP contribution in [0.5, 0.6) is 5.88 Å². The monoisotopic (exact) mass is 245 g/mol. The van der Waals surface area contributed by atoms with E-state index < -0.39 is 0 Å². The molecule has 18 heavy (non-hydrogen) atoms. The van der Waals surface area contributed by atoms with Gasteiger partial charge >= 0.3 is 0 Å². The number of rotatable bonds is 4. The van der Waals surface area contributed by atoms with Crippen molar-refractivity contribution in [1.82, 2.24) is 9.89 Å². The number of methoxy groups -OCH3 is 1. The maximum Gasteiger partial charge on any atom is 0.235 e. The Morgan fingerprint density at radius 1 is 1.22 bits per heavy atom. The quantitative estimate of drug-likeness (QED) is 0.900. The predicted molar refractivity (Wildman–Crippen MR) is 73.4 cm³/mol. The first-order valence-electron chi connectivity index (χ1n) is 6.09. The van der Waals surface area contributed by atoms with Crippen molar-refractivity contribution in [3.63, 3.8) is 0 Å². The maximum absolute atomic E-state index is 5.42. The number of hydrogen-bond acceptors (Lipinski definition) is 3. The van der Waals surface area contributed by atoms with Crippen molar-refractivity contribution in [3.8, 4) is 17.1 Å². The number of hydrogen-bond donors (Lipinski definition) is 1. The van der Waals surface area contributed by atoms with Crippen LogP contribution in [0.3, 0.4) is 0 Å². The minimum atomic E-state index is 0.293. The maximum atomic E-state index is 5.42. The van der Waals surface area contributed by atoms with Gasteiger partial charge in [-0.2, -0.15) is 0 Å². The molecule has 4 heteroatoms. The van der Waals surface area contributed by atoms with E-state index in [-0.39, 0.29) is 0 Å². The normalized spacial score (nSPS) is 10.7. The Balaban J connectivity index is 2.47. The molecule has 0 unspecified atom stereocenters. The summed E-state index contributed by atoms with van der Waals surface area (Å²) in [6.45, 7) is 6.16. The Morgan fingerprint density at radius 2 is 1.89 bits per heavy atom. The summed E-state index contributed by atoms with van der Waals surface area (Å²) >= 11 is 0. The van der Waals surface area contributed by atoms with E-state index in [4.69, 9.17) is 4.74 Å². The number of aromatic nitrogens is 2. The van der Waals surface area contributed by atoms with E-state index >= 15 is 0 Å². The van der Waals surface area contributed by atoms with Gasteiger partial charge in [-0.1, -0.05) is 30.3 Å². The minimum absolute atomic E-state index is 0.293. The van der Waals surface area contributed by atoms with Crippen molar-refractivity contribution in [2.24, 2.45) is 0 Å². The summed E-state index contributed by atoms with van der Waals surface area (Å²) in [5.74, 6) is 0.752. The summed E-state index contributed by atoms with van der Waals surface area (Å²) in [4.78, 5) is 1.71. The molecule has 2 aromatic rings. The van der Waals surface area contributed by atoms with Gasteiger partial charge in [-0.25, -0.2) is 0 Å². The van der Waals surface area contributed by atoms with Crippen molar-refractivity contribution in [1.29, 1.82) is 0 Å². The number of ether oxygens (including phenoxy) is 1. The van der Waals surface area contributed by atoms with E-state index in [0.717, 1.165) is 22.7 Å². The van der Waals surface area contributed by atoms with Crippen LogP contribution in [-0.4, -0.2) is 23.0 Å². The van der Waals surface area contributed by atoms with Crippen LogP contribution in [0.25, 0.3) is 11.3 Å². The van der Waals surface area contributed by atoms with E-state index in [2.05, 4.69) is 36.5 Å². The van der Waals surface area contributed by atoms with Crippen molar-refractivity contribution in [2.75, 3.05) is 12.5 Å². The van der Waals surface area contributed by atoms with E-state index in [1.165, 1.54) is 0 Å². The average molecular weight is 245 g/mol. The van der Waals surface area contributed by atoms with Gasteiger partial charge in [0.05, 0.1) is 7.11 Å². The fourth-order valence-corrected chi connectivity index (χ4v) is 1.92. The minimum Gasteiger partial charge on any atom is -0.480 e. The van der Waals surface area contributed by atoms with Gasteiger partial charge in [-0.3, -0.25) is 0 Å². The molecule has 96 valence electrons. The molecule has 2 rings (SSSR count). The highest BCUT2D eigenvalue weighted by molar-refractivity contribution is 5.65. The third-order valence-electron chi connectivity index (χ3n) is 2.69. The number of nitrogens with one attached hydrogen (secondary N) is 1. The van der Waals surface area contributed by atoms with E-state index in [9.17, 15) is 0 Å². The summed E-state index contributed by atoms with van der Waals surface area (Å²) in [6.07, 6.45) is 0. The van der Waals surface area contributed by atoms with Crippen molar-refractivity contribution >= 4 is 0 Å². The topological polar surface area (TPSA) is 39.1 Å². The molecular formula is C14H19N3O. The van der Waals surface area contributed by atoms with Crippen molar-refractivity contribution in [3.05, 3.63) is 35.9 Å². The summed E-state index contributed by atoms with van der Waals surface area (Å²) in [5, 5.41) is 4.57. The molecule has 0 atom stereocenters. The van der Waals surface area contributed by atoms with E-state index in [0.29, 0.717) is 6.04 Å². The molecule has 0 radical (unpaired) electrons. The molecule has 1 N–H and O–H groups in total. The van der Waals surface area contributed by atoms with Gasteiger partial charge in [-0.15, -0.1) is 9.89 Å². The smallest absolute Gasteiger partial charge is 0.235 e. The van der Waals surface area contributed by atoms with E-state index in [1.54, 1.807) is 11.9 Å². The number of benzene rings is 1. The molecule has 0 saturated carbocycles. The molecule has 0 fully saturated rings. The lowest BCUT2D eigenvalue weighted by molar-refractivity contribution is 0.369. The first-order valence-corrected chi connectivity index (χ1v) is 6.09. The molecule has 0 aliphatic rings. The Morgan fingerprint density at radius 3 is 2.44 bits per heavy atom. The third-order valence-corrected chi connectivity index (χ3v) is 2.69. The van der Waals surface area contributed by atoms with Crippen molar-refractivity contribution < 1.29 is 4.74 Å². The summed E-state index contributed by atoms with van der Waals surface area (Å²) < 4.78 is 5.42. The third kappa shape index (κ3) is 2.32. The van der Waals surface area contributed by atoms with Crippen LogP contribution in [0.2, 0.25) is 0 Å². The molecule has 1 heterocycles. The zero-order valence-electron chi connectivity index (χ0n) is 11.3. The highest BCUT2D eigenvalue weighted by atomic mass is 16.5. The first-order chi connectivity index (χ1) is 8.63. The van der Waals surface area contributed by atoms with Gasteiger partial charge in [0.2, 0.25) is 5.88 Å². The van der Waals surface area contributed by atoms with Crippen LogP contribution in [-0.2, 0) is 0 Å². The molecule has 0 aliphatic heterocycles. The molecule has 0 bridgehead atoms. The van der Waals surface area contributed by atoms with Gasteiger partial charge in [0.1, 0.15) is 5.69 Å². The second kappa shape index (κ2) is 5.12. The molecule has 1 aromatic heterocycles. The molecule has 0 aliphatic carbocycles. The number of nitrogens with zero attached hydrogens (tertiary/aromatic N) is 2. The summed E-state index contributed by atoms with van der Waals surface area (Å²) in [7, 11) is 1.66. The first kappa shape index (κ1) is 12.5. The standard InChI is InChI=1S/C14H19N3O/c1-10(2)15-17-14(18-4)11(3)13(16-17)12-8-6-5-7-9-12/h5-10,15H,1-4H3. The molecule has 0 spiro atoms. The van der Waals surface area contributed by atoms with Gasteiger partial charge in [0.15, 0.2) is 0 Å². The Bertz CT molecular complexity index is 517. The fourth-order valence-electron chi connectivity index (χ4n) is 1.92. The molecule has 4 nitrogen and oxygen atoms in total. The highest BCUT2D eigenvalue weighted by Crippen LogP contribution is 2.28. The Hall–Kier alpha value is -1.97. The predicted octanol–water partition coefficient (Wildman–Crippen LogP) is 2.82. The second-order valence-corrected chi connectivity index (χ2v) is 4.54. The van der Waals surface area contributed by atoms with Crippen LogP contribution in [0.15, 0.2) is 30.3 Å². The van der Waals surface area contributed by atoms with Crippen LogP contribution < -0.4 is 10.2 Å². The van der Waals surface area contributed by atoms with Gasteiger partial charge in [0.25, 0.3) is 0 Å². The lowest BCUT2D eigenvalue weighted by Gasteiger charge is -2.11. The average Bonchev–Trinajstić information content (AvgIpc) is 2.66. The Labute approximate surface area is 108 Å². The summed E-state index contributed by atoms with van der Waals surface area (Å²) in [5.41, 5.74) is 6.31. The van der Waals surface area contributed by atoms with Crippen molar-refractivity contribution in [2.45, 2.75) is 26.8 Å². The highest BCUT2D eigenvalue weighted by Gasteiger charge is 2.16. The molecular weight excluding hydrogens is 226 g/mol. The zero-order valence-corrected chi connectivity index (χ0v) is 11.3. The largest absolute Gasteiger partial charge is 0.480 e. The van der Waals surface area contributed by atoms with Gasteiger partial charge < -0.3 is 10.2 Å². The lowest BCUT2D eigenvalue weighted by Crippen LogP contribution is -2.23. The van der Waals surface area contributed by atoms with Crippen LogP contribution >= 0.6 is 0 Å². The molecule has 0 saturated heterocycles. The lowest BCUT2D eigenvalue weighted by atomic mass is 10.1. The van der Waals surface area contributed by atoms with E-state index in [1.807, 2.05) is 25.1 Å². The molecule has 0 amide bonds. The van der Waals surface area contributed by atoms with Crippen LogP contribution in [0.1, 0.15) is 19.4 Å². The Kier molecular flexibility index (Phi) is 3.55.